The fourth-order valence-corrected chi connectivity index (χ4v) is 3.33. The van der Waals surface area contributed by atoms with Crippen molar-refractivity contribution >= 4 is 0 Å². The second-order valence-electron chi connectivity index (χ2n) is 6.20. The third-order valence-corrected chi connectivity index (χ3v) is 4.79. The van der Waals surface area contributed by atoms with Crippen molar-refractivity contribution in [3.05, 3.63) is 23.3 Å². The molecular weight excluding hydrogens is 278 g/mol. The lowest BCUT2D eigenvalue weighted by atomic mass is 9.95. The molecule has 0 radical (unpaired) electrons. The monoisotopic (exact) mass is 307 g/mol. The number of aryl methyl sites for hydroxylation is 1. The van der Waals surface area contributed by atoms with Crippen LogP contribution in [-0.2, 0) is 6.54 Å². The zero-order valence-corrected chi connectivity index (χ0v) is 14.0. The van der Waals surface area contributed by atoms with Crippen molar-refractivity contribution in [2.24, 2.45) is 5.92 Å². The molecule has 1 aromatic carbocycles. The Morgan fingerprint density at radius 3 is 2.45 bits per heavy atom. The first kappa shape index (κ1) is 17.1. The molecule has 2 N–H and O–H groups in total. The molecule has 0 spiro atoms. The van der Waals surface area contributed by atoms with Crippen LogP contribution in [0.4, 0.5) is 0 Å². The minimum atomic E-state index is 0.280. The molecule has 1 fully saturated rings. The molecule has 22 heavy (non-hydrogen) atoms. The highest BCUT2D eigenvalue weighted by Gasteiger charge is 2.22. The quantitative estimate of drug-likeness (QED) is 0.793. The summed E-state index contributed by atoms with van der Waals surface area (Å²) in [7, 11) is 3.32. The molecule has 4 nitrogen and oxygen atoms in total. The van der Waals surface area contributed by atoms with Gasteiger partial charge in [0.2, 0.25) is 0 Å². The Labute approximate surface area is 133 Å². The number of rotatable bonds is 6. The van der Waals surface area contributed by atoms with Crippen LogP contribution >= 0.6 is 0 Å². The third kappa shape index (κ3) is 4.14. The van der Waals surface area contributed by atoms with E-state index in [1.165, 1.54) is 30.4 Å². The van der Waals surface area contributed by atoms with Crippen LogP contribution in [0.3, 0.4) is 0 Å². The molecule has 1 aromatic rings. The first-order valence-corrected chi connectivity index (χ1v) is 8.25. The Morgan fingerprint density at radius 2 is 1.77 bits per heavy atom. The summed E-state index contributed by atoms with van der Waals surface area (Å²) in [6, 6.07) is 4.47. The van der Waals surface area contributed by atoms with Gasteiger partial charge in [0.05, 0.1) is 14.2 Å². The summed E-state index contributed by atoms with van der Waals surface area (Å²) in [4.78, 5) is 0. The van der Waals surface area contributed by atoms with Gasteiger partial charge in [-0.15, -0.1) is 0 Å². The predicted molar refractivity (Wildman–Crippen MR) is 88.6 cm³/mol. The molecule has 124 valence electrons. The van der Waals surface area contributed by atoms with E-state index in [0.29, 0.717) is 12.0 Å². The van der Waals surface area contributed by atoms with E-state index in [2.05, 4.69) is 12.2 Å². The maximum absolute atomic E-state index is 9.61. The van der Waals surface area contributed by atoms with Gasteiger partial charge in [-0.25, -0.2) is 0 Å². The minimum absolute atomic E-state index is 0.280. The molecule has 1 aliphatic carbocycles. The van der Waals surface area contributed by atoms with Gasteiger partial charge in [0.1, 0.15) is 0 Å². The molecule has 0 bridgehead atoms. The number of methoxy groups -OCH3 is 2. The average Bonchev–Trinajstić information content (AvgIpc) is 2.78. The van der Waals surface area contributed by atoms with Crippen LogP contribution in [0, 0.1) is 12.8 Å². The molecule has 0 aliphatic heterocycles. The normalized spacial score (nSPS) is 22.2. The molecule has 4 heteroatoms. The SMILES string of the molecule is COc1cc(C)c(CNC2CCCCCC2CO)cc1OC. The summed E-state index contributed by atoms with van der Waals surface area (Å²) in [6.07, 6.45) is 6.04. The molecule has 0 amide bonds. The highest BCUT2D eigenvalue weighted by atomic mass is 16.5. The maximum atomic E-state index is 9.61. The van der Waals surface area contributed by atoms with E-state index in [1.54, 1.807) is 14.2 Å². The minimum Gasteiger partial charge on any atom is -0.493 e. The van der Waals surface area contributed by atoms with Crippen LogP contribution in [0.1, 0.15) is 43.2 Å². The molecule has 2 rings (SSSR count). The Kier molecular flexibility index (Phi) is 6.52. The molecule has 2 atom stereocenters. The lowest BCUT2D eigenvalue weighted by Crippen LogP contribution is -2.37. The molecule has 1 saturated carbocycles. The van der Waals surface area contributed by atoms with Gasteiger partial charge in [0.15, 0.2) is 11.5 Å². The summed E-state index contributed by atoms with van der Waals surface area (Å²) in [5.41, 5.74) is 2.41. The molecular formula is C18H29NO3. The van der Waals surface area contributed by atoms with Gasteiger partial charge in [0, 0.05) is 19.2 Å². The first-order valence-electron chi connectivity index (χ1n) is 8.25. The number of aliphatic hydroxyl groups excluding tert-OH is 1. The fourth-order valence-electron chi connectivity index (χ4n) is 3.33. The van der Waals surface area contributed by atoms with Gasteiger partial charge < -0.3 is 19.9 Å². The van der Waals surface area contributed by atoms with E-state index in [-0.39, 0.29) is 6.61 Å². The standard InChI is InChI=1S/C18H29NO3/c1-13-9-17(21-2)18(22-3)10-15(13)11-19-16-8-6-4-5-7-14(16)12-20/h9-10,14,16,19-20H,4-8,11-12H2,1-3H3. The summed E-state index contributed by atoms with van der Waals surface area (Å²) < 4.78 is 10.7. The van der Waals surface area contributed by atoms with Gasteiger partial charge in [-0.3, -0.25) is 0 Å². The fraction of sp³-hybridized carbons (Fsp3) is 0.667. The smallest absolute Gasteiger partial charge is 0.161 e. The third-order valence-electron chi connectivity index (χ3n) is 4.79. The molecule has 2 unspecified atom stereocenters. The van der Waals surface area contributed by atoms with E-state index in [1.807, 2.05) is 12.1 Å². The summed E-state index contributed by atoms with van der Waals surface area (Å²) in [5.74, 6) is 1.92. The van der Waals surface area contributed by atoms with Crippen molar-refractivity contribution < 1.29 is 14.6 Å². The van der Waals surface area contributed by atoms with Gasteiger partial charge >= 0.3 is 0 Å². The number of hydrogen-bond acceptors (Lipinski definition) is 4. The Morgan fingerprint density at radius 1 is 1.09 bits per heavy atom. The topological polar surface area (TPSA) is 50.7 Å². The average molecular weight is 307 g/mol. The van der Waals surface area contributed by atoms with Crippen molar-refractivity contribution in [2.45, 2.75) is 51.6 Å². The Hall–Kier alpha value is -1.26. The van der Waals surface area contributed by atoms with Crippen LogP contribution in [0.5, 0.6) is 11.5 Å². The second-order valence-corrected chi connectivity index (χ2v) is 6.20. The van der Waals surface area contributed by atoms with Crippen molar-refractivity contribution in [1.82, 2.24) is 5.32 Å². The lowest BCUT2D eigenvalue weighted by Gasteiger charge is -2.25. The van der Waals surface area contributed by atoms with Crippen LogP contribution in [0.15, 0.2) is 12.1 Å². The number of benzene rings is 1. The van der Waals surface area contributed by atoms with Crippen molar-refractivity contribution in [3.63, 3.8) is 0 Å². The predicted octanol–water partition coefficient (Wildman–Crippen LogP) is 3.04. The second kappa shape index (κ2) is 8.39. The maximum Gasteiger partial charge on any atom is 0.161 e. The largest absolute Gasteiger partial charge is 0.493 e. The van der Waals surface area contributed by atoms with Gasteiger partial charge in [-0.2, -0.15) is 0 Å². The van der Waals surface area contributed by atoms with Crippen molar-refractivity contribution in [2.75, 3.05) is 20.8 Å². The van der Waals surface area contributed by atoms with E-state index in [9.17, 15) is 5.11 Å². The van der Waals surface area contributed by atoms with Crippen LogP contribution in [0.2, 0.25) is 0 Å². The van der Waals surface area contributed by atoms with E-state index >= 15 is 0 Å². The Balaban J connectivity index is 2.06. The van der Waals surface area contributed by atoms with Gasteiger partial charge in [0.25, 0.3) is 0 Å². The number of hydrogen-bond donors (Lipinski definition) is 2. The number of aliphatic hydroxyl groups is 1. The van der Waals surface area contributed by atoms with Crippen LogP contribution in [0.25, 0.3) is 0 Å². The number of nitrogens with one attached hydrogen (secondary N) is 1. The van der Waals surface area contributed by atoms with E-state index in [0.717, 1.165) is 30.9 Å². The zero-order chi connectivity index (χ0) is 15.9. The lowest BCUT2D eigenvalue weighted by molar-refractivity contribution is 0.181. The molecule has 0 heterocycles. The molecule has 0 aromatic heterocycles. The summed E-state index contributed by atoms with van der Waals surface area (Å²) in [5, 5.41) is 13.3. The van der Waals surface area contributed by atoms with E-state index in [4.69, 9.17) is 9.47 Å². The number of ether oxygens (including phenoxy) is 2. The Bertz CT molecular complexity index is 476. The van der Waals surface area contributed by atoms with Crippen LogP contribution in [-0.4, -0.2) is 32.0 Å². The van der Waals surface area contributed by atoms with Gasteiger partial charge in [-0.05, 0) is 48.9 Å². The molecule has 0 saturated heterocycles. The van der Waals surface area contributed by atoms with E-state index < -0.39 is 0 Å². The molecule has 1 aliphatic rings. The zero-order valence-electron chi connectivity index (χ0n) is 14.0. The van der Waals surface area contributed by atoms with Crippen molar-refractivity contribution in [1.29, 1.82) is 0 Å². The highest BCUT2D eigenvalue weighted by molar-refractivity contribution is 5.47. The highest BCUT2D eigenvalue weighted by Crippen LogP contribution is 2.30. The summed E-state index contributed by atoms with van der Waals surface area (Å²) in [6.45, 7) is 3.17. The van der Waals surface area contributed by atoms with Gasteiger partial charge in [-0.1, -0.05) is 19.3 Å². The van der Waals surface area contributed by atoms with Crippen LogP contribution < -0.4 is 14.8 Å². The van der Waals surface area contributed by atoms with Crippen molar-refractivity contribution in [3.8, 4) is 11.5 Å². The summed E-state index contributed by atoms with van der Waals surface area (Å²) >= 11 is 0. The first-order chi connectivity index (χ1) is 10.7.